The van der Waals surface area contributed by atoms with E-state index in [1.54, 1.807) is 40.2 Å². The Morgan fingerprint density at radius 1 is 1.09 bits per heavy atom. The Morgan fingerprint density at radius 2 is 1.80 bits per heavy atom. The van der Waals surface area contributed by atoms with Gasteiger partial charge in [0.15, 0.2) is 10.9 Å². The zero-order chi connectivity index (χ0) is 24.5. The largest absolute Gasteiger partial charge is 0.326 e. The smallest absolute Gasteiger partial charge is 0.267 e. The summed E-state index contributed by atoms with van der Waals surface area (Å²) in [4.78, 5) is 44.7. The van der Waals surface area contributed by atoms with E-state index in [0.717, 1.165) is 31.2 Å². The highest BCUT2D eigenvalue weighted by molar-refractivity contribution is 7.99. The van der Waals surface area contributed by atoms with Crippen molar-refractivity contribution in [1.29, 1.82) is 0 Å². The maximum atomic E-state index is 13.8. The summed E-state index contributed by atoms with van der Waals surface area (Å²) in [6.45, 7) is 1.43. The van der Waals surface area contributed by atoms with E-state index in [2.05, 4.69) is 5.32 Å². The third-order valence-corrected chi connectivity index (χ3v) is 8.03. The molecule has 0 atom stereocenters. The third kappa shape index (κ3) is 4.78. The van der Waals surface area contributed by atoms with Gasteiger partial charge in [0.1, 0.15) is 10.6 Å². The first-order valence-electron chi connectivity index (χ1n) is 11.3. The van der Waals surface area contributed by atoms with Crippen molar-refractivity contribution in [3.8, 4) is 5.69 Å². The Hall–Kier alpha value is -3.30. The lowest BCUT2D eigenvalue weighted by atomic mass is 9.97. The number of carbonyl (C=O) groups is 2. The minimum Gasteiger partial charge on any atom is -0.326 e. The number of amides is 1. The van der Waals surface area contributed by atoms with Gasteiger partial charge < -0.3 is 5.32 Å². The van der Waals surface area contributed by atoms with Gasteiger partial charge in [-0.25, -0.2) is 9.37 Å². The van der Waals surface area contributed by atoms with Gasteiger partial charge in [-0.2, -0.15) is 0 Å². The quantitative estimate of drug-likeness (QED) is 0.215. The number of carbonyl (C=O) groups excluding carboxylic acids is 2. The zero-order valence-electron chi connectivity index (χ0n) is 19.0. The van der Waals surface area contributed by atoms with Crippen molar-refractivity contribution in [2.45, 2.75) is 37.8 Å². The van der Waals surface area contributed by atoms with Crippen LogP contribution in [0.4, 0.5) is 10.1 Å². The van der Waals surface area contributed by atoms with E-state index in [4.69, 9.17) is 4.98 Å². The predicted octanol–water partition coefficient (Wildman–Crippen LogP) is 5.40. The Labute approximate surface area is 209 Å². The number of nitrogens with zero attached hydrogens (tertiary/aromatic N) is 2. The van der Waals surface area contributed by atoms with Crippen LogP contribution in [0.25, 0.3) is 15.9 Å². The van der Waals surface area contributed by atoms with Crippen LogP contribution in [-0.4, -0.2) is 27.0 Å². The van der Waals surface area contributed by atoms with Crippen molar-refractivity contribution < 1.29 is 14.0 Å². The fourth-order valence-corrected chi connectivity index (χ4v) is 6.47. The van der Waals surface area contributed by atoms with Gasteiger partial charge in [-0.05, 0) is 79.8 Å². The second-order valence-electron chi connectivity index (χ2n) is 8.37. The topological polar surface area (TPSA) is 81.1 Å². The van der Waals surface area contributed by atoms with Crippen molar-refractivity contribution in [2.24, 2.45) is 0 Å². The molecule has 6 nitrogen and oxygen atoms in total. The van der Waals surface area contributed by atoms with Gasteiger partial charge in [-0.15, -0.1) is 11.3 Å². The number of benzene rings is 2. The van der Waals surface area contributed by atoms with Crippen LogP contribution in [0.1, 0.15) is 40.6 Å². The third-order valence-electron chi connectivity index (χ3n) is 5.90. The molecule has 2 aromatic heterocycles. The summed E-state index contributed by atoms with van der Waals surface area (Å²) < 4.78 is 14.8. The molecule has 0 saturated heterocycles. The summed E-state index contributed by atoms with van der Waals surface area (Å²) in [6, 6.07) is 12.4. The van der Waals surface area contributed by atoms with Crippen molar-refractivity contribution in [3.63, 3.8) is 0 Å². The summed E-state index contributed by atoms with van der Waals surface area (Å²) in [7, 11) is 0. The van der Waals surface area contributed by atoms with E-state index in [1.165, 1.54) is 47.8 Å². The van der Waals surface area contributed by atoms with Gasteiger partial charge >= 0.3 is 0 Å². The van der Waals surface area contributed by atoms with E-state index >= 15 is 0 Å². The molecule has 9 heteroatoms. The van der Waals surface area contributed by atoms with E-state index < -0.39 is 5.82 Å². The molecule has 0 unspecified atom stereocenters. The molecule has 4 aromatic rings. The van der Waals surface area contributed by atoms with Crippen LogP contribution in [0, 0.1) is 5.82 Å². The molecule has 0 fully saturated rings. The number of aromatic nitrogens is 2. The lowest BCUT2D eigenvalue weighted by molar-refractivity contribution is -0.114. The highest BCUT2D eigenvalue weighted by Crippen LogP contribution is 2.35. The molecule has 1 aliphatic carbocycles. The van der Waals surface area contributed by atoms with Crippen LogP contribution in [0.15, 0.2) is 58.5 Å². The standard InChI is InChI=1S/C26H22FN3O3S2/c1-15(31)28-18-10-12-19(13-11-18)30-25(33)23-20-4-2-3-5-22(20)35-24(23)29-26(30)34-14-21(32)16-6-8-17(27)9-7-16/h6-13H,2-5,14H2,1H3,(H,28,31). The maximum absolute atomic E-state index is 13.8. The fraction of sp³-hybridized carbons (Fsp3) is 0.231. The summed E-state index contributed by atoms with van der Waals surface area (Å²) in [5.74, 6) is -0.709. The molecule has 2 heterocycles. The van der Waals surface area contributed by atoms with Gasteiger partial charge in [0.25, 0.3) is 5.56 Å². The van der Waals surface area contributed by atoms with Crippen molar-refractivity contribution >= 4 is 50.7 Å². The Kier molecular flexibility index (Phi) is 6.53. The van der Waals surface area contributed by atoms with Crippen molar-refractivity contribution in [1.82, 2.24) is 9.55 Å². The molecule has 0 radical (unpaired) electrons. The maximum Gasteiger partial charge on any atom is 0.267 e. The molecule has 2 aromatic carbocycles. The van der Waals surface area contributed by atoms with Crippen LogP contribution >= 0.6 is 23.1 Å². The van der Waals surface area contributed by atoms with Crippen LogP contribution < -0.4 is 10.9 Å². The number of nitrogens with one attached hydrogen (secondary N) is 1. The second-order valence-corrected chi connectivity index (χ2v) is 10.4. The van der Waals surface area contributed by atoms with Gasteiger partial charge in [0, 0.05) is 23.1 Å². The monoisotopic (exact) mass is 507 g/mol. The van der Waals surface area contributed by atoms with Crippen LogP contribution in [0.5, 0.6) is 0 Å². The summed E-state index contributed by atoms with van der Waals surface area (Å²) in [5, 5.41) is 3.80. The number of rotatable bonds is 6. The minimum absolute atomic E-state index is 0.0542. The Bertz CT molecular complexity index is 1490. The number of thiophene rings is 1. The highest BCUT2D eigenvalue weighted by Gasteiger charge is 2.23. The number of aryl methyl sites for hydroxylation is 2. The SMILES string of the molecule is CC(=O)Nc1ccc(-n2c(SCC(=O)c3ccc(F)cc3)nc3sc4c(c3c2=O)CCCC4)cc1. The lowest BCUT2D eigenvalue weighted by Gasteiger charge is -2.14. The first-order valence-corrected chi connectivity index (χ1v) is 13.1. The summed E-state index contributed by atoms with van der Waals surface area (Å²) in [5.41, 5.74) is 2.57. The van der Waals surface area contributed by atoms with E-state index in [-0.39, 0.29) is 23.0 Å². The van der Waals surface area contributed by atoms with Gasteiger partial charge in [-0.1, -0.05) is 11.8 Å². The number of thioether (sulfide) groups is 1. The van der Waals surface area contributed by atoms with Gasteiger partial charge in [-0.3, -0.25) is 19.0 Å². The number of ketones is 1. The van der Waals surface area contributed by atoms with Crippen molar-refractivity contribution in [2.75, 3.05) is 11.1 Å². The Balaban J connectivity index is 1.57. The van der Waals surface area contributed by atoms with Gasteiger partial charge in [0.2, 0.25) is 5.91 Å². The number of anilines is 1. The molecule has 0 spiro atoms. The van der Waals surface area contributed by atoms with E-state index in [9.17, 15) is 18.8 Å². The molecule has 0 saturated carbocycles. The molecule has 5 rings (SSSR count). The molecule has 35 heavy (non-hydrogen) atoms. The first kappa shape index (κ1) is 23.4. The Morgan fingerprint density at radius 3 is 2.51 bits per heavy atom. The fourth-order valence-electron chi connectivity index (χ4n) is 4.26. The molecule has 1 amide bonds. The molecule has 0 bridgehead atoms. The molecule has 1 N–H and O–H groups in total. The number of fused-ring (bicyclic) bond motifs is 3. The number of halogens is 1. The first-order chi connectivity index (χ1) is 16.9. The number of Topliss-reactive ketones (excluding diaryl/α,β-unsaturated/α-hetero) is 1. The molecule has 178 valence electrons. The average molecular weight is 508 g/mol. The van der Waals surface area contributed by atoms with Crippen molar-refractivity contribution in [3.05, 3.63) is 80.7 Å². The van der Waals surface area contributed by atoms with Gasteiger partial charge in [0.05, 0.1) is 16.8 Å². The lowest BCUT2D eigenvalue weighted by Crippen LogP contribution is -2.22. The summed E-state index contributed by atoms with van der Waals surface area (Å²) >= 11 is 2.75. The molecular weight excluding hydrogens is 485 g/mol. The second kappa shape index (κ2) is 9.75. The summed E-state index contributed by atoms with van der Waals surface area (Å²) in [6.07, 6.45) is 3.97. The van der Waals surface area contributed by atoms with E-state index in [1.807, 2.05) is 0 Å². The van der Waals surface area contributed by atoms with E-state index in [0.29, 0.717) is 32.3 Å². The predicted molar refractivity (Wildman–Crippen MR) is 138 cm³/mol. The normalized spacial score (nSPS) is 13.0. The minimum atomic E-state index is -0.403. The van der Waals surface area contributed by atoms with Crippen LogP contribution in [0.3, 0.4) is 0 Å². The van der Waals surface area contributed by atoms with Crippen LogP contribution in [-0.2, 0) is 17.6 Å². The average Bonchev–Trinajstić information content (AvgIpc) is 3.22. The zero-order valence-corrected chi connectivity index (χ0v) is 20.6. The van der Waals surface area contributed by atoms with Crippen LogP contribution in [0.2, 0.25) is 0 Å². The number of hydrogen-bond donors (Lipinski definition) is 1. The number of hydrogen-bond acceptors (Lipinski definition) is 6. The molecule has 0 aliphatic heterocycles. The molecular formula is C26H22FN3O3S2. The molecule has 1 aliphatic rings. The highest BCUT2D eigenvalue weighted by atomic mass is 32.2.